The van der Waals surface area contributed by atoms with E-state index in [4.69, 9.17) is 5.11 Å². The van der Waals surface area contributed by atoms with Gasteiger partial charge in [0.05, 0.1) is 20.6 Å². The van der Waals surface area contributed by atoms with Crippen LogP contribution in [0.3, 0.4) is 0 Å². The van der Waals surface area contributed by atoms with E-state index in [2.05, 4.69) is 14.1 Å². The summed E-state index contributed by atoms with van der Waals surface area (Å²) in [5, 5.41) is 8.30. The van der Waals surface area contributed by atoms with Gasteiger partial charge >= 0.3 is 0 Å². The molecule has 0 bridgehead atoms. The summed E-state index contributed by atoms with van der Waals surface area (Å²) in [6.07, 6.45) is 0.919. The molecule has 0 fully saturated rings. The fraction of sp³-hybridized carbons (Fsp3) is 1.00. The van der Waals surface area contributed by atoms with Crippen molar-refractivity contribution in [3.05, 3.63) is 0 Å². The summed E-state index contributed by atoms with van der Waals surface area (Å²) in [7, 11) is 4.16. The van der Waals surface area contributed by atoms with Crippen molar-refractivity contribution >= 4 is 0 Å². The lowest BCUT2D eigenvalue weighted by molar-refractivity contribution is -0.858. The first kappa shape index (κ1) is 6.92. The van der Waals surface area contributed by atoms with Crippen LogP contribution in [0.5, 0.6) is 0 Å². The maximum Gasteiger partial charge on any atom is 0.0789 e. The quantitative estimate of drug-likeness (QED) is 0.448. The van der Waals surface area contributed by atoms with E-state index in [1.54, 1.807) is 0 Å². The first-order valence-corrected chi connectivity index (χ1v) is 2.67. The maximum atomic E-state index is 8.30. The molecule has 0 aliphatic heterocycles. The molecule has 0 aromatic rings. The molecule has 0 atom stereocenters. The molecule has 0 saturated carbocycles. The summed E-state index contributed by atoms with van der Waals surface area (Å²) < 4.78 is 0. The van der Waals surface area contributed by atoms with Crippen LogP contribution in [0.4, 0.5) is 0 Å². The summed E-state index contributed by atoms with van der Waals surface area (Å²) in [4.78, 5) is 1.40. The number of aliphatic hydroxyl groups excluding tert-OH is 1. The molecular formula is C5H14NO+. The Balaban J connectivity index is 2.68. The molecule has 2 nitrogen and oxygen atoms in total. The molecule has 0 spiro atoms. The van der Waals surface area contributed by atoms with E-state index in [1.807, 2.05) is 0 Å². The summed E-state index contributed by atoms with van der Waals surface area (Å²) in [5.74, 6) is 0. The fourth-order valence-corrected chi connectivity index (χ4v) is 0.433. The first-order valence-electron chi connectivity index (χ1n) is 2.67. The molecular weight excluding hydrogens is 90.1 g/mol. The maximum absolute atomic E-state index is 8.30. The zero-order chi connectivity index (χ0) is 5.70. The largest absolute Gasteiger partial charge is 0.396 e. The third kappa shape index (κ3) is 5.92. The zero-order valence-electron chi connectivity index (χ0n) is 5.07. The highest BCUT2D eigenvalue weighted by molar-refractivity contribution is 4.23. The summed E-state index contributed by atoms with van der Waals surface area (Å²) in [6, 6.07) is 0. The average molecular weight is 104 g/mol. The second-order valence-electron chi connectivity index (χ2n) is 2.03. The Hall–Kier alpha value is -0.0800. The Morgan fingerprint density at radius 1 is 1.43 bits per heavy atom. The van der Waals surface area contributed by atoms with Gasteiger partial charge in [0.15, 0.2) is 0 Å². The van der Waals surface area contributed by atoms with Crippen molar-refractivity contribution in [3.63, 3.8) is 0 Å². The van der Waals surface area contributed by atoms with Crippen LogP contribution in [-0.2, 0) is 0 Å². The molecule has 0 saturated heterocycles. The Labute approximate surface area is 44.8 Å². The molecule has 2 N–H and O–H groups in total. The topological polar surface area (TPSA) is 24.7 Å². The number of nitrogens with one attached hydrogen (secondary N) is 1. The van der Waals surface area contributed by atoms with Gasteiger partial charge in [-0.05, 0) is 0 Å². The van der Waals surface area contributed by atoms with E-state index in [-0.39, 0.29) is 0 Å². The van der Waals surface area contributed by atoms with Crippen molar-refractivity contribution in [2.24, 2.45) is 0 Å². The second-order valence-corrected chi connectivity index (χ2v) is 2.03. The predicted octanol–water partition coefficient (Wildman–Crippen LogP) is -1.49. The molecule has 0 aromatic carbocycles. The van der Waals surface area contributed by atoms with E-state index in [1.165, 1.54) is 4.90 Å². The van der Waals surface area contributed by atoms with Crippen LogP contribution >= 0.6 is 0 Å². The molecule has 44 valence electrons. The minimum atomic E-state index is 0.325. The summed E-state index contributed by atoms with van der Waals surface area (Å²) in [5.41, 5.74) is 0. The Morgan fingerprint density at radius 3 is 2.14 bits per heavy atom. The number of rotatable bonds is 3. The SMILES string of the molecule is C[NH+](C)CCCO. The van der Waals surface area contributed by atoms with Gasteiger partial charge in [0, 0.05) is 13.0 Å². The normalized spacial score (nSPS) is 10.3. The van der Waals surface area contributed by atoms with Crippen LogP contribution < -0.4 is 4.90 Å². The van der Waals surface area contributed by atoms with Crippen LogP contribution in [-0.4, -0.2) is 32.4 Å². The standard InChI is InChI=1S/C5H13NO/c1-6(2)4-3-5-7/h7H,3-5H2,1-2H3/p+1. The van der Waals surface area contributed by atoms with Crippen LogP contribution in [0.2, 0.25) is 0 Å². The summed E-state index contributed by atoms with van der Waals surface area (Å²) in [6.45, 7) is 1.39. The average Bonchev–Trinajstić information content (AvgIpc) is 1.61. The van der Waals surface area contributed by atoms with Gasteiger partial charge in [-0.1, -0.05) is 0 Å². The van der Waals surface area contributed by atoms with Crippen molar-refractivity contribution in [1.29, 1.82) is 0 Å². The van der Waals surface area contributed by atoms with E-state index in [0.717, 1.165) is 13.0 Å². The smallest absolute Gasteiger partial charge is 0.0789 e. The molecule has 0 aliphatic carbocycles. The van der Waals surface area contributed by atoms with Crippen molar-refractivity contribution in [2.45, 2.75) is 6.42 Å². The second kappa shape index (κ2) is 4.09. The van der Waals surface area contributed by atoms with E-state index in [9.17, 15) is 0 Å². The minimum Gasteiger partial charge on any atom is -0.396 e. The number of hydrogen-bond donors (Lipinski definition) is 2. The molecule has 7 heavy (non-hydrogen) atoms. The van der Waals surface area contributed by atoms with Gasteiger partial charge in [-0.3, -0.25) is 0 Å². The Kier molecular flexibility index (Phi) is 4.04. The van der Waals surface area contributed by atoms with Crippen LogP contribution in [0.1, 0.15) is 6.42 Å². The number of aliphatic hydroxyl groups is 1. The van der Waals surface area contributed by atoms with Crippen LogP contribution in [0, 0.1) is 0 Å². The van der Waals surface area contributed by atoms with Crippen molar-refractivity contribution in [1.82, 2.24) is 0 Å². The van der Waals surface area contributed by atoms with Crippen molar-refractivity contribution in [3.8, 4) is 0 Å². The van der Waals surface area contributed by atoms with Gasteiger partial charge in [0.1, 0.15) is 0 Å². The minimum absolute atomic E-state index is 0.325. The Bertz CT molecular complexity index is 37.1. The molecule has 0 radical (unpaired) electrons. The third-order valence-electron chi connectivity index (χ3n) is 0.835. The molecule has 0 aromatic heterocycles. The summed E-state index contributed by atoms with van der Waals surface area (Å²) >= 11 is 0. The van der Waals surface area contributed by atoms with Gasteiger partial charge in [-0.15, -0.1) is 0 Å². The van der Waals surface area contributed by atoms with E-state index in [0.29, 0.717) is 6.61 Å². The van der Waals surface area contributed by atoms with Crippen LogP contribution in [0.25, 0.3) is 0 Å². The number of quaternary nitrogens is 1. The molecule has 0 rings (SSSR count). The van der Waals surface area contributed by atoms with Gasteiger partial charge in [0.25, 0.3) is 0 Å². The highest BCUT2D eigenvalue weighted by Crippen LogP contribution is 1.62. The first-order chi connectivity index (χ1) is 3.27. The molecule has 0 amide bonds. The molecule has 0 unspecified atom stereocenters. The molecule has 2 heteroatoms. The lowest BCUT2D eigenvalue weighted by Crippen LogP contribution is -3.05. The third-order valence-corrected chi connectivity index (χ3v) is 0.835. The fourth-order valence-electron chi connectivity index (χ4n) is 0.433. The lowest BCUT2D eigenvalue weighted by atomic mass is 10.4. The van der Waals surface area contributed by atoms with Crippen LogP contribution in [0.15, 0.2) is 0 Å². The predicted molar refractivity (Wildman–Crippen MR) is 29.4 cm³/mol. The van der Waals surface area contributed by atoms with Crippen molar-refractivity contribution < 1.29 is 10.0 Å². The van der Waals surface area contributed by atoms with E-state index >= 15 is 0 Å². The van der Waals surface area contributed by atoms with Gasteiger partial charge < -0.3 is 10.0 Å². The zero-order valence-corrected chi connectivity index (χ0v) is 5.07. The monoisotopic (exact) mass is 104 g/mol. The van der Waals surface area contributed by atoms with E-state index < -0.39 is 0 Å². The highest BCUT2D eigenvalue weighted by Gasteiger charge is 1.87. The molecule has 0 heterocycles. The molecule has 0 aliphatic rings. The Morgan fingerprint density at radius 2 is 2.00 bits per heavy atom. The van der Waals surface area contributed by atoms with Gasteiger partial charge in [-0.2, -0.15) is 0 Å². The van der Waals surface area contributed by atoms with Crippen molar-refractivity contribution in [2.75, 3.05) is 27.2 Å². The van der Waals surface area contributed by atoms with Gasteiger partial charge in [-0.25, -0.2) is 0 Å². The number of hydrogen-bond acceptors (Lipinski definition) is 1. The highest BCUT2D eigenvalue weighted by atomic mass is 16.3. The van der Waals surface area contributed by atoms with Gasteiger partial charge in [0.2, 0.25) is 0 Å². The lowest BCUT2D eigenvalue weighted by Gasteiger charge is -2.02.